The van der Waals surface area contributed by atoms with Gasteiger partial charge in [-0.1, -0.05) is 29.5 Å². The largest absolute Gasteiger partial charge is 0.480 e. The fourth-order valence-corrected chi connectivity index (χ4v) is 4.53. The molecule has 0 bridgehead atoms. The molecule has 0 aliphatic rings. The zero-order valence-corrected chi connectivity index (χ0v) is 20.5. The molecule has 0 radical (unpaired) electrons. The number of carbonyl (C=O) groups excluding carboxylic acids is 3. The molecule has 0 aliphatic heterocycles. The molecule has 0 aromatic carbocycles. The van der Waals surface area contributed by atoms with Crippen molar-refractivity contribution in [1.29, 1.82) is 0 Å². The van der Waals surface area contributed by atoms with Gasteiger partial charge in [0.25, 0.3) is 10.1 Å². The number of halogens is 1. The third-order valence-electron chi connectivity index (χ3n) is 4.21. The minimum absolute atomic E-state index is 0.118. The van der Waals surface area contributed by atoms with Gasteiger partial charge in [0, 0.05) is 19.4 Å². The number of hydrogen-bond acceptors (Lipinski definition) is 8. The molecule has 3 atom stereocenters. The fraction of sp³-hybridized carbons (Fsp3) is 0.765. The molecule has 13 nitrogen and oxygen atoms in total. The molecule has 0 spiro atoms. The van der Waals surface area contributed by atoms with E-state index in [1.165, 1.54) is 22.6 Å². The Morgan fingerprint density at radius 2 is 1.62 bits per heavy atom. The average molecular weight is 595 g/mol. The highest BCUT2D eigenvalue weighted by atomic mass is 127. The molecule has 0 aromatic rings. The first-order chi connectivity index (χ1) is 14.8. The van der Waals surface area contributed by atoms with Crippen molar-refractivity contribution in [3.05, 3.63) is 0 Å². The normalized spacial score (nSPS) is 14.3. The van der Waals surface area contributed by atoms with Crippen LogP contribution in [-0.2, 0) is 29.3 Å². The molecule has 3 unspecified atom stereocenters. The van der Waals surface area contributed by atoms with Gasteiger partial charge < -0.3 is 31.3 Å². The van der Waals surface area contributed by atoms with Crippen LogP contribution in [0.4, 0.5) is 0 Å². The van der Waals surface area contributed by atoms with Crippen LogP contribution in [0.3, 0.4) is 0 Å². The lowest BCUT2D eigenvalue weighted by Crippen LogP contribution is -2.48. The number of hydrogen-bond donors (Lipinski definition) is 7. The molecule has 3 amide bonds. The number of unbranched alkanes of at least 4 members (excludes halogenated alkanes) is 1. The second-order valence-corrected chi connectivity index (χ2v) is 9.94. The van der Waals surface area contributed by atoms with Crippen molar-refractivity contribution in [2.75, 3.05) is 12.3 Å². The second kappa shape index (κ2) is 15.3. The molecule has 0 aromatic heterocycles. The summed E-state index contributed by atoms with van der Waals surface area (Å²) in [5.74, 6) is -3.83. The van der Waals surface area contributed by atoms with Gasteiger partial charge in [-0.3, -0.25) is 18.9 Å². The van der Waals surface area contributed by atoms with Gasteiger partial charge in [-0.2, -0.15) is 8.42 Å². The van der Waals surface area contributed by atoms with Crippen LogP contribution in [0.15, 0.2) is 0 Å². The summed E-state index contributed by atoms with van der Waals surface area (Å²) in [6.45, 7) is 2.09. The van der Waals surface area contributed by atoms with Crippen LogP contribution in [0, 0.1) is 0 Å². The predicted octanol–water partition coefficient (Wildman–Crippen LogP) is -1.48. The Labute approximate surface area is 199 Å². The van der Waals surface area contributed by atoms with Gasteiger partial charge >= 0.3 is 5.97 Å². The summed E-state index contributed by atoms with van der Waals surface area (Å²) in [7, 11) is -4.42. The van der Waals surface area contributed by atoms with Gasteiger partial charge in [-0.15, -0.1) is 0 Å². The number of aliphatic carboxylic acids is 1. The molecule has 0 saturated heterocycles. The van der Waals surface area contributed by atoms with Crippen LogP contribution in [0.25, 0.3) is 0 Å². The lowest BCUT2D eigenvalue weighted by molar-refractivity contribution is -0.142. The highest BCUT2D eigenvalue weighted by Gasteiger charge is 2.27. The smallest absolute Gasteiger partial charge is 0.326 e. The van der Waals surface area contributed by atoms with Crippen molar-refractivity contribution in [1.82, 2.24) is 16.0 Å². The Morgan fingerprint density at radius 3 is 2.12 bits per heavy atom. The van der Waals surface area contributed by atoms with Crippen LogP contribution in [0.5, 0.6) is 0 Å². The zero-order chi connectivity index (χ0) is 24.9. The Bertz CT molecular complexity index is 747. The molecule has 0 saturated carbocycles. The predicted molar refractivity (Wildman–Crippen MR) is 120 cm³/mol. The van der Waals surface area contributed by atoms with E-state index in [0.29, 0.717) is 25.8 Å². The maximum Gasteiger partial charge on any atom is 0.326 e. The Hall–Kier alpha value is -1.56. The fourth-order valence-electron chi connectivity index (χ4n) is 2.47. The van der Waals surface area contributed by atoms with Crippen LogP contribution in [-0.4, -0.2) is 86.6 Å². The topological polar surface area (TPSA) is 219 Å². The van der Waals surface area contributed by atoms with Gasteiger partial charge in [-0.25, -0.2) is 4.79 Å². The molecule has 7 N–H and O–H groups in total. The monoisotopic (exact) mass is 595 g/mol. The van der Waals surface area contributed by atoms with Gasteiger partial charge in [0.05, 0.1) is 11.8 Å². The molecular formula is C17H30IN3O10S. The number of rotatable bonds is 16. The standard InChI is InChI=1S/C17H30IN3O10S/c1-2-13(22)19-8-4-3-5-11(16(25)26)20-14(23)7-6-12(17(27)28)21-15(24)10(18)9-32(29,30)31/h10-12,17,27-28H,2-9H2,1H3,(H,19,22)(H,20,23)(H,21,24)(H,25,26)(H,29,30,31). The van der Waals surface area contributed by atoms with Crippen molar-refractivity contribution in [2.24, 2.45) is 0 Å². The van der Waals surface area contributed by atoms with E-state index in [9.17, 15) is 42.9 Å². The number of nitrogens with one attached hydrogen (secondary N) is 3. The molecule has 0 aliphatic carbocycles. The lowest BCUT2D eigenvalue weighted by atomic mass is 10.1. The highest BCUT2D eigenvalue weighted by molar-refractivity contribution is 14.1. The van der Waals surface area contributed by atoms with Crippen molar-refractivity contribution in [2.45, 2.75) is 67.7 Å². The van der Waals surface area contributed by atoms with E-state index < -0.39 is 56.0 Å². The average Bonchev–Trinajstić information content (AvgIpc) is 2.67. The maximum atomic E-state index is 12.1. The molecule has 0 rings (SSSR count). The number of aliphatic hydroxyl groups is 2. The van der Waals surface area contributed by atoms with Gasteiger partial charge in [-0.05, 0) is 25.7 Å². The summed E-state index contributed by atoms with van der Waals surface area (Å²) in [6, 6.07) is -2.50. The minimum atomic E-state index is -4.42. The van der Waals surface area contributed by atoms with E-state index in [0.717, 1.165) is 0 Å². The summed E-state index contributed by atoms with van der Waals surface area (Å²) in [6.07, 6.45) is -1.25. The summed E-state index contributed by atoms with van der Waals surface area (Å²) >= 11 is 1.46. The van der Waals surface area contributed by atoms with E-state index >= 15 is 0 Å². The molecule has 0 heterocycles. The minimum Gasteiger partial charge on any atom is -0.480 e. The van der Waals surface area contributed by atoms with E-state index in [2.05, 4.69) is 16.0 Å². The molecule has 15 heteroatoms. The van der Waals surface area contributed by atoms with Crippen molar-refractivity contribution in [3.8, 4) is 0 Å². The zero-order valence-electron chi connectivity index (χ0n) is 17.5. The van der Waals surface area contributed by atoms with Gasteiger partial charge in [0.2, 0.25) is 17.7 Å². The van der Waals surface area contributed by atoms with E-state index in [1.54, 1.807) is 6.92 Å². The number of carboxylic acids is 1. The first kappa shape index (κ1) is 30.4. The first-order valence-corrected chi connectivity index (χ1v) is 12.7. The Balaban J connectivity index is 4.59. The van der Waals surface area contributed by atoms with Gasteiger partial charge in [0.15, 0.2) is 6.29 Å². The molecule has 0 fully saturated rings. The maximum absolute atomic E-state index is 12.1. The number of aliphatic hydroxyl groups excluding tert-OH is 1. The van der Waals surface area contributed by atoms with Crippen LogP contribution in [0.2, 0.25) is 0 Å². The summed E-state index contributed by atoms with van der Waals surface area (Å²) in [5.41, 5.74) is 0. The molecule has 32 heavy (non-hydrogen) atoms. The summed E-state index contributed by atoms with van der Waals surface area (Å²) < 4.78 is 29.3. The van der Waals surface area contributed by atoms with Crippen molar-refractivity contribution < 1.29 is 47.5 Å². The van der Waals surface area contributed by atoms with E-state index in [-0.39, 0.29) is 25.2 Å². The summed E-state index contributed by atoms with van der Waals surface area (Å²) in [5, 5.41) is 35.2. The number of alkyl halides is 1. The quantitative estimate of drug-likeness (QED) is 0.0361. The van der Waals surface area contributed by atoms with Crippen molar-refractivity contribution >= 4 is 56.4 Å². The summed E-state index contributed by atoms with van der Waals surface area (Å²) in [4.78, 5) is 46.5. The van der Waals surface area contributed by atoms with Crippen LogP contribution >= 0.6 is 22.6 Å². The van der Waals surface area contributed by atoms with E-state index in [4.69, 9.17) is 4.55 Å². The highest BCUT2D eigenvalue weighted by Crippen LogP contribution is 2.09. The molecular weight excluding hydrogens is 565 g/mol. The Morgan fingerprint density at radius 1 is 1.00 bits per heavy atom. The Kier molecular flexibility index (Phi) is 14.6. The van der Waals surface area contributed by atoms with Crippen molar-refractivity contribution in [3.63, 3.8) is 0 Å². The van der Waals surface area contributed by atoms with Crippen LogP contribution in [0.1, 0.15) is 45.4 Å². The van der Waals surface area contributed by atoms with Crippen LogP contribution < -0.4 is 16.0 Å². The second-order valence-electron chi connectivity index (χ2n) is 6.94. The number of carboxylic acid groups (broad SMARTS) is 1. The SMILES string of the molecule is CCC(=O)NCCCCC(NC(=O)CCC(NC(=O)C(I)CS(=O)(=O)O)C(O)O)C(=O)O. The first-order valence-electron chi connectivity index (χ1n) is 9.81. The van der Waals surface area contributed by atoms with Gasteiger partial charge in [0.1, 0.15) is 9.97 Å². The number of amides is 3. The third-order valence-corrected chi connectivity index (χ3v) is 6.57. The molecule has 186 valence electrons. The lowest BCUT2D eigenvalue weighted by Gasteiger charge is -2.22. The number of carbonyl (C=O) groups is 4. The van der Waals surface area contributed by atoms with E-state index in [1.807, 2.05) is 0 Å². The third kappa shape index (κ3) is 14.5.